The number of aryl methyl sites for hydroxylation is 1. The maximum absolute atomic E-state index is 11.9. The summed E-state index contributed by atoms with van der Waals surface area (Å²) in [5.41, 5.74) is 9.47. The lowest BCUT2D eigenvalue weighted by Gasteiger charge is -2.17. The van der Waals surface area contributed by atoms with Crippen molar-refractivity contribution in [2.75, 3.05) is 5.73 Å². The average Bonchev–Trinajstić information content (AvgIpc) is 2.84. The number of nitrogens with two attached hydrogens (primary N) is 1. The van der Waals surface area contributed by atoms with Gasteiger partial charge < -0.3 is 10.5 Å². The molecule has 0 fully saturated rings. The Morgan fingerprint density at radius 3 is 2.39 bits per heavy atom. The van der Waals surface area contributed by atoms with E-state index >= 15 is 0 Å². The van der Waals surface area contributed by atoms with Gasteiger partial charge in [-0.15, -0.1) is 10.2 Å². The van der Waals surface area contributed by atoms with E-state index in [0.29, 0.717) is 33.6 Å². The Bertz CT molecular complexity index is 1600. The van der Waals surface area contributed by atoms with Crippen molar-refractivity contribution in [3.8, 4) is 17.0 Å². The van der Waals surface area contributed by atoms with E-state index in [1.54, 1.807) is 42.5 Å². The largest absolute Gasteiger partial charge is 0.490 e. The number of carbonyl (C=O) groups excluding carboxylic acids is 1. The zero-order chi connectivity index (χ0) is 26.0. The molecule has 1 aromatic heterocycles. The summed E-state index contributed by atoms with van der Waals surface area (Å²) in [6.07, 6.45) is 2.10. The molecule has 36 heavy (non-hydrogen) atoms. The number of hydrogen-bond donors (Lipinski definition) is 2. The predicted octanol–water partition coefficient (Wildman–Crippen LogP) is 6.05. The highest BCUT2D eigenvalue weighted by atomic mass is 32.2. The van der Waals surface area contributed by atoms with E-state index in [0.717, 1.165) is 11.8 Å². The van der Waals surface area contributed by atoms with Gasteiger partial charge in [-0.3, -0.25) is 14.3 Å². The first-order valence-corrected chi connectivity index (χ1v) is 12.5. The second-order valence-corrected chi connectivity index (χ2v) is 9.84. The SMILES string of the molecule is Cc1cc(C=O)c(OC(C)C)c(-c2ccc(N=Nc3cc(S(=O)(=O)O)c4ccccc4c3N)cn2)c1. The summed E-state index contributed by atoms with van der Waals surface area (Å²) in [5.74, 6) is 0.453. The highest BCUT2D eigenvalue weighted by molar-refractivity contribution is 7.86. The Morgan fingerprint density at radius 2 is 1.78 bits per heavy atom. The van der Waals surface area contributed by atoms with E-state index in [1.165, 1.54) is 12.3 Å². The number of aromatic nitrogens is 1. The summed E-state index contributed by atoms with van der Waals surface area (Å²) in [6, 6.07) is 14.8. The van der Waals surface area contributed by atoms with Gasteiger partial charge in [0.15, 0.2) is 6.29 Å². The maximum atomic E-state index is 11.9. The molecule has 4 rings (SSSR count). The number of carbonyl (C=O) groups is 1. The van der Waals surface area contributed by atoms with E-state index in [1.807, 2.05) is 26.8 Å². The van der Waals surface area contributed by atoms with Crippen molar-refractivity contribution in [3.05, 3.63) is 71.9 Å². The molecule has 10 heteroatoms. The molecule has 184 valence electrons. The number of pyridine rings is 1. The number of ether oxygens (including phenoxy) is 1. The van der Waals surface area contributed by atoms with Crippen LogP contribution in [-0.2, 0) is 10.1 Å². The van der Waals surface area contributed by atoms with E-state index in [4.69, 9.17) is 10.5 Å². The minimum atomic E-state index is -4.52. The Hall–Kier alpha value is -4.15. The number of nitrogen functional groups attached to an aromatic ring is 1. The second-order valence-electron chi connectivity index (χ2n) is 8.45. The fourth-order valence-electron chi connectivity index (χ4n) is 3.81. The molecule has 0 aliphatic carbocycles. The molecule has 0 atom stereocenters. The topological polar surface area (TPSA) is 144 Å². The third kappa shape index (κ3) is 5.09. The monoisotopic (exact) mass is 504 g/mol. The zero-order valence-corrected chi connectivity index (χ0v) is 20.7. The van der Waals surface area contributed by atoms with Gasteiger partial charge in [-0.05, 0) is 56.7 Å². The maximum Gasteiger partial charge on any atom is 0.295 e. The van der Waals surface area contributed by atoms with E-state index in [2.05, 4.69) is 15.2 Å². The molecule has 4 aromatic rings. The van der Waals surface area contributed by atoms with E-state index < -0.39 is 10.1 Å². The number of hydrogen-bond acceptors (Lipinski definition) is 8. The molecule has 0 saturated carbocycles. The Balaban J connectivity index is 1.73. The number of azo groups is 1. The number of rotatable bonds is 7. The number of aldehydes is 1. The van der Waals surface area contributed by atoms with Crippen LogP contribution < -0.4 is 10.5 Å². The standard InChI is InChI=1S/C26H24N4O5S/c1-15(2)35-26-17(14-31)10-16(3)11-21(26)22-9-8-18(13-28-22)29-30-23-12-24(36(32,33)34)19-6-4-5-7-20(19)25(23)27/h4-15H,27H2,1-3H3,(H,32,33,34). The third-order valence-corrected chi connectivity index (χ3v) is 6.24. The quantitative estimate of drug-likeness (QED) is 0.135. The summed E-state index contributed by atoms with van der Waals surface area (Å²) >= 11 is 0. The Labute approximate surface area is 208 Å². The summed E-state index contributed by atoms with van der Waals surface area (Å²) in [4.78, 5) is 15.8. The molecule has 1 heterocycles. The minimum absolute atomic E-state index is 0.0901. The van der Waals surface area contributed by atoms with Crippen LogP contribution in [-0.4, -0.2) is 30.3 Å². The van der Waals surface area contributed by atoms with Gasteiger partial charge in [0.25, 0.3) is 10.1 Å². The smallest absolute Gasteiger partial charge is 0.295 e. The van der Waals surface area contributed by atoms with Crippen molar-refractivity contribution in [1.82, 2.24) is 4.98 Å². The van der Waals surface area contributed by atoms with Crippen LogP contribution in [0.5, 0.6) is 5.75 Å². The Morgan fingerprint density at radius 1 is 1.06 bits per heavy atom. The van der Waals surface area contributed by atoms with Gasteiger partial charge in [-0.25, -0.2) is 0 Å². The highest BCUT2D eigenvalue weighted by Crippen LogP contribution is 2.37. The molecule has 0 radical (unpaired) electrons. The average molecular weight is 505 g/mol. The van der Waals surface area contributed by atoms with Crippen molar-refractivity contribution in [1.29, 1.82) is 0 Å². The molecule has 0 aliphatic rings. The van der Waals surface area contributed by atoms with Crippen LogP contribution in [0, 0.1) is 6.92 Å². The van der Waals surface area contributed by atoms with E-state index in [9.17, 15) is 17.8 Å². The van der Waals surface area contributed by atoms with Gasteiger partial charge in [0.2, 0.25) is 0 Å². The molecular formula is C26H24N4O5S. The minimum Gasteiger partial charge on any atom is -0.490 e. The summed E-state index contributed by atoms with van der Waals surface area (Å²) in [6.45, 7) is 5.63. The zero-order valence-electron chi connectivity index (χ0n) is 19.8. The summed E-state index contributed by atoms with van der Waals surface area (Å²) in [7, 11) is -4.52. The summed E-state index contributed by atoms with van der Waals surface area (Å²) in [5, 5.41) is 8.97. The van der Waals surface area contributed by atoms with Gasteiger partial charge >= 0.3 is 0 Å². The van der Waals surface area contributed by atoms with Crippen LogP contribution in [0.4, 0.5) is 17.1 Å². The molecule has 3 aromatic carbocycles. The van der Waals surface area contributed by atoms with Crippen LogP contribution in [0.1, 0.15) is 29.8 Å². The first-order valence-electron chi connectivity index (χ1n) is 11.0. The van der Waals surface area contributed by atoms with Gasteiger partial charge in [-0.2, -0.15) is 8.42 Å². The Kier molecular flexibility index (Phi) is 6.82. The lowest BCUT2D eigenvalue weighted by Crippen LogP contribution is -2.09. The van der Waals surface area contributed by atoms with Crippen molar-refractivity contribution in [2.45, 2.75) is 31.8 Å². The molecule has 3 N–H and O–H groups in total. The number of nitrogens with zero attached hydrogens (tertiary/aromatic N) is 3. The molecular weight excluding hydrogens is 480 g/mol. The van der Waals surface area contributed by atoms with Crippen molar-refractivity contribution in [3.63, 3.8) is 0 Å². The van der Waals surface area contributed by atoms with Crippen LogP contribution >= 0.6 is 0 Å². The lowest BCUT2D eigenvalue weighted by molar-refractivity contribution is 0.111. The third-order valence-electron chi connectivity index (χ3n) is 5.34. The fourth-order valence-corrected chi connectivity index (χ4v) is 4.53. The normalized spacial score (nSPS) is 11.9. The van der Waals surface area contributed by atoms with Crippen molar-refractivity contribution in [2.24, 2.45) is 10.2 Å². The van der Waals surface area contributed by atoms with Crippen LogP contribution in [0.25, 0.3) is 22.0 Å². The first kappa shape index (κ1) is 25.0. The van der Waals surface area contributed by atoms with Crippen molar-refractivity contribution < 1.29 is 22.5 Å². The van der Waals surface area contributed by atoms with Crippen LogP contribution in [0.2, 0.25) is 0 Å². The van der Waals surface area contributed by atoms with Gasteiger partial charge in [0.1, 0.15) is 22.0 Å². The molecule has 0 amide bonds. The lowest BCUT2D eigenvalue weighted by atomic mass is 10.0. The number of fused-ring (bicyclic) bond motifs is 1. The van der Waals surface area contributed by atoms with Crippen molar-refractivity contribution >= 4 is 44.2 Å². The predicted molar refractivity (Wildman–Crippen MR) is 138 cm³/mol. The van der Waals surface area contributed by atoms with Crippen LogP contribution in [0.15, 0.2) is 75.9 Å². The molecule has 0 aliphatic heterocycles. The van der Waals surface area contributed by atoms with Gasteiger partial charge in [0, 0.05) is 16.3 Å². The molecule has 9 nitrogen and oxygen atoms in total. The van der Waals surface area contributed by atoms with Gasteiger partial charge in [0.05, 0.1) is 29.2 Å². The summed E-state index contributed by atoms with van der Waals surface area (Å²) < 4.78 is 39.4. The molecule has 0 saturated heterocycles. The molecule has 0 unspecified atom stereocenters. The number of anilines is 1. The number of benzene rings is 3. The van der Waals surface area contributed by atoms with E-state index in [-0.39, 0.29) is 27.8 Å². The fraction of sp³-hybridized carbons (Fsp3) is 0.154. The first-order chi connectivity index (χ1) is 17.1. The van der Waals surface area contributed by atoms with Crippen LogP contribution in [0.3, 0.4) is 0 Å². The molecule has 0 bridgehead atoms. The highest BCUT2D eigenvalue weighted by Gasteiger charge is 2.19. The second kappa shape index (κ2) is 9.84. The molecule has 0 spiro atoms. The van der Waals surface area contributed by atoms with Gasteiger partial charge in [-0.1, -0.05) is 24.3 Å².